The highest BCUT2D eigenvalue weighted by atomic mass is 19.4. The molecule has 6 nitrogen and oxygen atoms in total. The summed E-state index contributed by atoms with van der Waals surface area (Å²) < 4.78 is 46.1. The van der Waals surface area contributed by atoms with Crippen LogP contribution in [0.1, 0.15) is 41.2 Å². The van der Waals surface area contributed by atoms with Gasteiger partial charge in [0.25, 0.3) is 5.56 Å². The van der Waals surface area contributed by atoms with Gasteiger partial charge in [-0.05, 0) is 37.1 Å². The van der Waals surface area contributed by atoms with E-state index in [2.05, 4.69) is 15.1 Å². The summed E-state index contributed by atoms with van der Waals surface area (Å²) in [5.41, 5.74) is 1.57. The van der Waals surface area contributed by atoms with E-state index in [0.717, 1.165) is 17.7 Å². The molecule has 33 heavy (non-hydrogen) atoms. The van der Waals surface area contributed by atoms with Gasteiger partial charge in [-0.1, -0.05) is 42.5 Å². The first-order valence-corrected chi connectivity index (χ1v) is 10.5. The Labute approximate surface area is 188 Å². The number of fused-ring (bicyclic) bond motifs is 1. The number of halogens is 3. The fourth-order valence-corrected chi connectivity index (χ4v) is 3.69. The summed E-state index contributed by atoms with van der Waals surface area (Å²) in [6.07, 6.45) is -4.01. The first kappa shape index (κ1) is 22.7. The number of aromatic amines is 1. The molecule has 0 aliphatic rings. The Morgan fingerprint density at radius 3 is 2.45 bits per heavy atom. The zero-order valence-electron chi connectivity index (χ0n) is 18.2. The molecule has 1 N–H and O–H groups in total. The highest BCUT2D eigenvalue weighted by Crippen LogP contribution is 2.31. The Hall–Kier alpha value is -3.46. The van der Waals surface area contributed by atoms with Crippen LogP contribution in [-0.4, -0.2) is 26.4 Å². The number of aryl methyl sites for hydroxylation is 1. The lowest BCUT2D eigenvalue weighted by molar-refractivity contribution is -0.137. The highest BCUT2D eigenvalue weighted by molar-refractivity contribution is 5.77. The van der Waals surface area contributed by atoms with E-state index in [1.165, 1.54) is 12.1 Å². The molecule has 0 saturated carbocycles. The third kappa shape index (κ3) is 4.98. The van der Waals surface area contributed by atoms with Crippen molar-refractivity contribution in [1.29, 1.82) is 0 Å². The smallest absolute Gasteiger partial charge is 0.376 e. The van der Waals surface area contributed by atoms with E-state index >= 15 is 0 Å². The SMILES string of the molecule is Cc1nc2c(c(CCOCc3ccccc3)nn2C(C)c2ccc(C(F)(F)F)cc2)c(=O)[nH]1. The maximum absolute atomic E-state index is 12.9. The van der Waals surface area contributed by atoms with Crippen LogP contribution in [0.5, 0.6) is 0 Å². The summed E-state index contributed by atoms with van der Waals surface area (Å²) >= 11 is 0. The van der Waals surface area contributed by atoms with Gasteiger partial charge in [0.1, 0.15) is 11.2 Å². The summed E-state index contributed by atoms with van der Waals surface area (Å²) in [6, 6.07) is 14.2. The molecule has 0 radical (unpaired) electrons. The molecule has 1 unspecified atom stereocenters. The Morgan fingerprint density at radius 1 is 1.09 bits per heavy atom. The lowest BCUT2D eigenvalue weighted by atomic mass is 10.1. The van der Waals surface area contributed by atoms with Gasteiger partial charge in [-0.3, -0.25) is 4.79 Å². The molecule has 4 rings (SSSR count). The highest BCUT2D eigenvalue weighted by Gasteiger charge is 2.30. The molecule has 172 valence electrons. The number of aromatic nitrogens is 4. The van der Waals surface area contributed by atoms with Gasteiger partial charge in [-0.15, -0.1) is 0 Å². The number of benzene rings is 2. The minimum absolute atomic E-state index is 0.304. The van der Waals surface area contributed by atoms with Crippen molar-refractivity contribution < 1.29 is 17.9 Å². The zero-order valence-corrected chi connectivity index (χ0v) is 18.2. The Bertz CT molecular complexity index is 1300. The van der Waals surface area contributed by atoms with Crippen LogP contribution in [0.4, 0.5) is 13.2 Å². The lowest BCUT2D eigenvalue weighted by Crippen LogP contribution is -2.13. The summed E-state index contributed by atoms with van der Waals surface area (Å²) in [7, 11) is 0. The first-order chi connectivity index (χ1) is 15.7. The summed E-state index contributed by atoms with van der Waals surface area (Å²) in [5, 5.41) is 4.98. The van der Waals surface area contributed by atoms with Crippen LogP contribution in [0.2, 0.25) is 0 Å². The molecule has 9 heteroatoms. The number of ether oxygens (including phenoxy) is 1. The van der Waals surface area contributed by atoms with E-state index in [0.29, 0.717) is 47.7 Å². The quantitative estimate of drug-likeness (QED) is 0.405. The van der Waals surface area contributed by atoms with Gasteiger partial charge in [0.2, 0.25) is 0 Å². The number of H-pyrrole nitrogens is 1. The molecule has 0 amide bonds. The van der Waals surface area contributed by atoms with Gasteiger partial charge in [0.15, 0.2) is 5.65 Å². The molecular weight excluding hydrogens is 433 g/mol. The predicted octanol–water partition coefficient (Wildman–Crippen LogP) is 4.82. The molecular formula is C24H23F3N4O2. The summed E-state index contributed by atoms with van der Waals surface area (Å²) in [6.45, 7) is 4.27. The van der Waals surface area contributed by atoms with Crippen LogP contribution in [-0.2, 0) is 23.9 Å². The van der Waals surface area contributed by atoms with E-state index in [1.54, 1.807) is 11.6 Å². The Balaban J connectivity index is 1.61. The molecule has 2 heterocycles. The molecule has 1 atom stereocenters. The second-order valence-corrected chi connectivity index (χ2v) is 7.83. The van der Waals surface area contributed by atoms with Crippen LogP contribution in [0.3, 0.4) is 0 Å². The first-order valence-electron chi connectivity index (χ1n) is 10.5. The van der Waals surface area contributed by atoms with Crippen molar-refractivity contribution >= 4 is 11.0 Å². The van der Waals surface area contributed by atoms with Crippen LogP contribution in [0, 0.1) is 6.92 Å². The predicted molar refractivity (Wildman–Crippen MR) is 118 cm³/mol. The molecule has 0 fully saturated rings. The standard InChI is InChI=1S/C24H23F3N4O2/c1-15(18-8-10-19(11-9-18)24(25,26)27)31-22-21(23(32)29-16(2)28-22)20(30-31)12-13-33-14-17-6-4-3-5-7-17/h3-11,15H,12-14H2,1-2H3,(H,28,29,32). The number of nitrogens with one attached hydrogen (secondary N) is 1. The number of nitrogens with zero attached hydrogens (tertiary/aromatic N) is 3. The van der Waals surface area contributed by atoms with E-state index in [4.69, 9.17) is 4.74 Å². The van der Waals surface area contributed by atoms with Crippen molar-refractivity contribution in [1.82, 2.24) is 19.7 Å². The summed E-state index contributed by atoms with van der Waals surface area (Å²) in [5.74, 6) is 0.431. The zero-order chi connectivity index (χ0) is 23.6. The fraction of sp³-hybridized carbons (Fsp3) is 0.292. The Morgan fingerprint density at radius 2 is 1.79 bits per heavy atom. The molecule has 2 aromatic heterocycles. The van der Waals surface area contributed by atoms with Gasteiger partial charge in [0, 0.05) is 6.42 Å². The second-order valence-electron chi connectivity index (χ2n) is 7.83. The Kier molecular flexibility index (Phi) is 6.33. The van der Waals surface area contributed by atoms with Gasteiger partial charge in [0.05, 0.1) is 30.5 Å². The number of alkyl halides is 3. The molecule has 0 spiro atoms. The minimum Gasteiger partial charge on any atom is -0.376 e. The van der Waals surface area contributed by atoms with E-state index in [-0.39, 0.29) is 5.56 Å². The normalized spacial score (nSPS) is 12.9. The molecule has 2 aromatic carbocycles. The van der Waals surface area contributed by atoms with Gasteiger partial charge < -0.3 is 9.72 Å². The maximum atomic E-state index is 12.9. The molecule has 0 saturated heterocycles. The molecule has 4 aromatic rings. The van der Waals surface area contributed by atoms with E-state index in [1.807, 2.05) is 37.3 Å². The number of hydrogen-bond donors (Lipinski definition) is 1. The van der Waals surface area contributed by atoms with Crippen molar-refractivity contribution in [2.75, 3.05) is 6.61 Å². The average Bonchev–Trinajstić information content (AvgIpc) is 3.15. The van der Waals surface area contributed by atoms with E-state index in [9.17, 15) is 18.0 Å². The summed E-state index contributed by atoms with van der Waals surface area (Å²) in [4.78, 5) is 19.8. The number of rotatable bonds is 7. The third-order valence-electron chi connectivity index (χ3n) is 5.43. The van der Waals surface area contributed by atoms with Crippen LogP contribution >= 0.6 is 0 Å². The van der Waals surface area contributed by atoms with Gasteiger partial charge in [-0.2, -0.15) is 18.3 Å². The fourth-order valence-electron chi connectivity index (χ4n) is 3.69. The second kappa shape index (κ2) is 9.19. The molecule has 0 aliphatic carbocycles. The van der Waals surface area contributed by atoms with Gasteiger partial charge >= 0.3 is 6.18 Å². The maximum Gasteiger partial charge on any atom is 0.416 e. The van der Waals surface area contributed by atoms with Crippen molar-refractivity contribution in [3.63, 3.8) is 0 Å². The van der Waals surface area contributed by atoms with Gasteiger partial charge in [-0.25, -0.2) is 9.67 Å². The topological polar surface area (TPSA) is 72.8 Å². The van der Waals surface area contributed by atoms with Crippen molar-refractivity contribution in [2.24, 2.45) is 0 Å². The minimum atomic E-state index is -4.40. The average molecular weight is 456 g/mol. The van der Waals surface area contributed by atoms with Crippen LogP contribution in [0.25, 0.3) is 11.0 Å². The van der Waals surface area contributed by atoms with Crippen molar-refractivity contribution in [3.8, 4) is 0 Å². The lowest BCUT2D eigenvalue weighted by Gasteiger charge is -2.15. The van der Waals surface area contributed by atoms with Crippen LogP contribution in [0.15, 0.2) is 59.4 Å². The van der Waals surface area contributed by atoms with Crippen LogP contribution < -0.4 is 5.56 Å². The third-order valence-corrected chi connectivity index (χ3v) is 5.43. The van der Waals surface area contributed by atoms with Crippen molar-refractivity contribution in [2.45, 2.75) is 39.1 Å². The largest absolute Gasteiger partial charge is 0.416 e. The number of hydrogen-bond acceptors (Lipinski definition) is 4. The van der Waals surface area contributed by atoms with Crippen molar-refractivity contribution in [3.05, 3.63) is 93.2 Å². The molecule has 0 aliphatic heterocycles. The monoisotopic (exact) mass is 456 g/mol. The molecule has 0 bridgehead atoms. The van der Waals surface area contributed by atoms with E-state index < -0.39 is 17.8 Å².